The van der Waals surface area contributed by atoms with Gasteiger partial charge in [0.2, 0.25) is 0 Å². The minimum absolute atomic E-state index is 0.106. The molecular formula is C12H7Cl2NO3S. The van der Waals surface area contributed by atoms with E-state index in [4.69, 9.17) is 28.3 Å². The van der Waals surface area contributed by atoms with Crippen LogP contribution in [0, 0.1) is 0 Å². The van der Waals surface area contributed by atoms with Gasteiger partial charge in [-0.25, -0.2) is 4.79 Å². The maximum absolute atomic E-state index is 11.9. The summed E-state index contributed by atoms with van der Waals surface area (Å²) in [6.45, 7) is 0. The molecule has 0 radical (unpaired) electrons. The summed E-state index contributed by atoms with van der Waals surface area (Å²) in [4.78, 5) is 23.0. The van der Waals surface area contributed by atoms with E-state index in [1.165, 1.54) is 12.1 Å². The van der Waals surface area contributed by atoms with E-state index in [0.29, 0.717) is 20.6 Å². The van der Waals surface area contributed by atoms with Crippen LogP contribution in [0.15, 0.2) is 30.3 Å². The van der Waals surface area contributed by atoms with Gasteiger partial charge < -0.3 is 10.4 Å². The minimum Gasteiger partial charge on any atom is -0.477 e. The van der Waals surface area contributed by atoms with Crippen molar-refractivity contribution >= 4 is 52.1 Å². The summed E-state index contributed by atoms with van der Waals surface area (Å²) >= 11 is 12.5. The van der Waals surface area contributed by atoms with Crippen LogP contribution < -0.4 is 5.32 Å². The number of aromatic carboxylic acids is 1. The minimum atomic E-state index is -1.06. The number of hydrogen-bond acceptors (Lipinski definition) is 3. The summed E-state index contributed by atoms with van der Waals surface area (Å²) in [5, 5.41) is 12.2. The molecule has 1 aromatic carbocycles. The molecule has 4 nitrogen and oxygen atoms in total. The zero-order valence-corrected chi connectivity index (χ0v) is 11.6. The molecule has 2 aromatic rings. The lowest BCUT2D eigenvalue weighted by Gasteiger charge is -2.04. The number of rotatable bonds is 3. The van der Waals surface area contributed by atoms with Gasteiger partial charge in [0.25, 0.3) is 5.91 Å². The lowest BCUT2D eigenvalue weighted by atomic mass is 10.3. The summed E-state index contributed by atoms with van der Waals surface area (Å²) in [6, 6.07) is 7.49. The van der Waals surface area contributed by atoms with Crippen LogP contribution in [0.4, 0.5) is 5.69 Å². The number of benzene rings is 1. The quantitative estimate of drug-likeness (QED) is 0.899. The van der Waals surface area contributed by atoms with Crippen molar-refractivity contribution in [1.82, 2.24) is 0 Å². The van der Waals surface area contributed by atoms with E-state index in [2.05, 4.69) is 5.32 Å². The second-order valence-corrected chi connectivity index (χ2v) is 5.54. The van der Waals surface area contributed by atoms with Crippen LogP contribution in [0.2, 0.25) is 10.0 Å². The van der Waals surface area contributed by atoms with Gasteiger partial charge in [0.1, 0.15) is 4.88 Å². The van der Waals surface area contributed by atoms with Crippen molar-refractivity contribution in [1.29, 1.82) is 0 Å². The molecule has 2 N–H and O–H groups in total. The van der Waals surface area contributed by atoms with Crippen LogP contribution in [0.5, 0.6) is 0 Å². The van der Waals surface area contributed by atoms with Crippen molar-refractivity contribution in [2.24, 2.45) is 0 Å². The average molecular weight is 316 g/mol. The van der Waals surface area contributed by atoms with E-state index < -0.39 is 11.9 Å². The van der Waals surface area contributed by atoms with Crippen LogP contribution in [0.25, 0.3) is 0 Å². The molecule has 1 aromatic heterocycles. The van der Waals surface area contributed by atoms with Crippen LogP contribution in [-0.4, -0.2) is 17.0 Å². The van der Waals surface area contributed by atoms with E-state index >= 15 is 0 Å². The zero-order chi connectivity index (χ0) is 14.0. The van der Waals surface area contributed by atoms with Crippen molar-refractivity contribution in [2.45, 2.75) is 0 Å². The van der Waals surface area contributed by atoms with Crippen molar-refractivity contribution < 1.29 is 14.7 Å². The number of halogens is 2. The largest absolute Gasteiger partial charge is 0.477 e. The highest BCUT2D eigenvalue weighted by Crippen LogP contribution is 2.24. The first-order chi connectivity index (χ1) is 8.95. The second kappa shape index (κ2) is 5.61. The molecule has 1 amide bonds. The summed E-state index contributed by atoms with van der Waals surface area (Å²) < 4.78 is 0. The number of anilines is 1. The highest BCUT2D eigenvalue weighted by atomic mass is 35.5. The molecular weight excluding hydrogens is 309 g/mol. The van der Waals surface area contributed by atoms with Crippen molar-refractivity contribution in [2.75, 3.05) is 5.32 Å². The van der Waals surface area contributed by atoms with Crippen LogP contribution in [-0.2, 0) is 0 Å². The van der Waals surface area contributed by atoms with Crippen molar-refractivity contribution in [3.63, 3.8) is 0 Å². The molecule has 0 saturated heterocycles. The number of carbonyl (C=O) groups excluding carboxylic acids is 1. The Balaban J connectivity index is 2.18. The van der Waals surface area contributed by atoms with Gasteiger partial charge >= 0.3 is 5.97 Å². The van der Waals surface area contributed by atoms with E-state index in [-0.39, 0.29) is 4.88 Å². The number of carboxylic acid groups (broad SMARTS) is 1. The molecule has 0 bridgehead atoms. The molecule has 0 spiro atoms. The van der Waals surface area contributed by atoms with Crippen molar-refractivity contribution in [3.05, 3.63) is 50.1 Å². The molecule has 19 heavy (non-hydrogen) atoms. The molecule has 2 rings (SSSR count). The molecule has 0 saturated carbocycles. The van der Waals surface area contributed by atoms with Gasteiger partial charge in [0.15, 0.2) is 0 Å². The maximum atomic E-state index is 11.9. The summed E-state index contributed by atoms with van der Waals surface area (Å²) in [6.07, 6.45) is 0. The Kier molecular flexibility index (Phi) is 4.09. The highest BCUT2D eigenvalue weighted by Gasteiger charge is 2.13. The van der Waals surface area contributed by atoms with Gasteiger partial charge in [-0.3, -0.25) is 4.79 Å². The SMILES string of the molecule is O=C(O)c1ccc(C(=O)Nc2cc(Cl)cc(Cl)c2)s1. The lowest BCUT2D eigenvalue weighted by molar-refractivity contribution is 0.0702. The highest BCUT2D eigenvalue weighted by molar-refractivity contribution is 7.15. The Bertz CT molecular complexity index is 634. The van der Waals surface area contributed by atoms with Crippen LogP contribution in [0.1, 0.15) is 19.3 Å². The monoisotopic (exact) mass is 315 g/mol. The average Bonchev–Trinajstić information content (AvgIpc) is 2.76. The van der Waals surface area contributed by atoms with Crippen LogP contribution >= 0.6 is 34.5 Å². The molecule has 7 heteroatoms. The first-order valence-corrected chi connectivity index (χ1v) is 6.63. The third-order valence-corrected chi connectivity index (χ3v) is 3.67. The zero-order valence-electron chi connectivity index (χ0n) is 9.31. The normalized spacial score (nSPS) is 10.2. The lowest BCUT2D eigenvalue weighted by Crippen LogP contribution is -2.10. The van der Waals surface area contributed by atoms with Gasteiger partial charge in [-0.15, -0.1) is 11.3 Å². The maximum Gasteiger partial charge on any atom is 0.345 e. The predicted molar refractivity (Wildman–Crippen MR) is 75.7 cm³/mol. The molecule has 0 aliphatic carbocycles. The molecule has 1 heterocycles. The smallest absolute Gasteiger partial charge is 0.345 e. The Labute approximate surface area is 122 Å². The van der Waals surface area contributed by atoms with E-state index in [9.17, 15) is 9.59 Å². The molecule has 98 valence electrons. The topological polar surface area (TPSA) is 66.4 Å². The second-order valence-electron chi connectivity index (χ2n) is 3.58. The Morgan fingerprint density at radius 2 is 1.63 bits per heavy atom. The van der Waals surface area contributed by atoms with Gasteiger partial charge in [-0.2, -0.15) is 0 Å². The first kappa shape index (κ1) is 13.9. The predicted octanol–water partition coefficient (Wildman–Crippen LogP) is 4.01. The Hall–Kier alpha value is -1.56. The van der Waals surface area contributed by atoms with Gasteiger partial charge in [0, 0.05) is 15.7 Å². The summed E-state index contributed by atoms with van der Waals surface area (Å²) in [5.41, 5.74) is 0.452. The number of thiophene rings is 1. The number of nitrogens with one attached hydrogen (secondary N) is 1. The Morgan fingerprint density at radius 3 is 2.16 bits per heavy atom. The molecule has 0 unspecified atom stereocenters. The van der Waals surface area contributed by atoms with Crippen LogP contribution in [0.3, 0.4) is 0 Å². The van der Waals surface area contributed by atoms with E-state index in [1.807, 2.05) is 0 Å². The van der Waals surface area contributed by atoms with Gasteiger partial charge in [-0.1, -0.05) is 23.2 Å². The van der Waals surface area contributed by atoms with E-state index in [0.717, 1.165) is 11.3 Å². The number of carbonyl (C=O) groups is 2. The molecule has 0 atom stereocenters. The standard InChI is InChI=1S/C12H7Cl2NO3S/c13-6-3-7(14)5-8(4-6)15-11(16)9-1-2-10(19-9)12(17)18/h1-5H,(H,15,16)(H,17,18). The van der Waals surface area contributed by atoms with Crippen molar-refractivity contribution in [3.8, 4) is 0 Å². The van der Waals surface area contributed by atoms with E-state index in [1.54, 1.807) is 18.2 Å². The molecule has 0 aliphatic rings. The first-order valence-electron chi connectivity index (χ1n) is 5.06. The number of carboxylic acids is 1. The Morgan fingerprint density at radius 1 is 1.05 bits per heavy atom. The third-order valence-electron chi connectivity index (χ3n) is 2.16. The molecule has 0 fully saturated rings. The van der Waals surface area contributed by atoms with Gasteiger partial charge in [0.05, 0.1) is 4.88 Å². The third kappa shape index (κ3) is 3.47. The fourth-order valence-electron chi connectivity index (χ4n) is 1.39. The van der Waals surface area contributed by atoms with Gasteiger partial charge in [-0.05, 0) is 30.3 Å². The fourth-order valence-corrected chi connectivity index (χ4v) is 2.66. The number of amides is 1. The molecule has 0 aliphatic heterocycles. The number of hydrogen-bond donors (Lipinski definition) is 2. The summed E-state index contributed by atoms with van der Waals surface area (Å²) in [5.74, 6) is -1.47. The fraction of sp³-hybridized carbons (Fsp3) is 0. The summed E-state index contributed by atoms with van der Waals surface area (Å²) in [7, 11) is 0.